The molecule has 176 valence electrons. The van der Waals surface area contributed by atoms with Gasteiger partial charge in [-0.05, 0) is 48.6 Å². The number of fused-ring (bicyclic) bond motifs is 8. The number of carbonyl (C=O) groups excluding carboxylic acids is 4. The number of amides is 3. The van der Waals surface area contributed by atoms with Crippen LogP contribution in [-0.2, 0) is 17.6 Å². The molecule has 0 unspecified atom stereocenters. The van der Waals surface area contributed by atoms with Gasteiger partial charge in [0.05, 0.1) is 16.6 Å². The van der Waals surface area contributed by atoms with E-state index in [4.69, 9.17) is 0 Å². The highest BCUT2D eigenvalue weighted by molar-refractivity contribution is 6.31. The van der Waals surface area contributed by atoms with Crippen LogP contribution in [0.1, 0.15) is 61.5 Å². The number of aromatic nitrogens is 1. The topological polar surface area (TPSA) is 111 Å². The van der Waals surface area contributed by atoms with Gasteiger partial charge in [0.15, 0.2) is 5.78 Å². The fourth-order valence-electron chi connectivity index (χ4n) is 5.57. The number of piperazine rings is 1. The second-order valence-electron chi connectivity index (χ2n) is 9.03. The van der Waals surface area contributed by atoms with Gasteiger partial charge < -0.3 is 15.2 Å². The molecule has 34 heavy (non-hydrogen) atoms. The van der Waals surface area contributed by atoms with Crippen molar-refractivity contribution in [1.29, 1.82) is 0 Å². The zero-order valence-electron chi connectivity index (χ0n) is 18.6. The standard InChI is InChI=1S/C25H24N4O4.ClH/c30-18(6-7-19(31)29-10-8-26-9-11-29)13-4-5-17-16(12-13)20-22-21(24(32)28-25(22)33)14-2-1-3-15(14)23(20)27-17;/h4-5,12,26-27H,1-3,6-11H2,(H,28,32,33);1H. The SMILES string of the molecule is Cl.O=C(CCC(=O)N1CCNCC1)c1ccc2[nH]c3c4c(c5c(c3c2c1)C(=O)NC5=O)CCC4. The lowest BCUT2D eigenvalue weighted by atomic mass is 9.93. The molecule has 2 aliphatic heterocycles. The third-order valence-electron chi connectivity index (χ3n) is 7.16. The van der Waals surface area contributed by atoms with Crippen molar-refractivity contribution in [2.45, 2.75) is 32.1 Å². The number of hydrogen-bond acceptors (Lipinski definition) is 5. The van der Waals surface area contributed by atoms with Crippen molar-refractivity contribution in [1.82, 2.24) is 20.5 Å². The average Bonchev–Trinajstić information content (AvgIpc) is 3.52. The number of carbonyl (C=O) groups is 4. The summed E-state index contributed by atoms with van der Waals surface area (Å²) < 4.78 is 0. The number of rotatable bonds is 4. The van der Waals surface area contributed by atoms with Gasteiger partial charge in [0, 0.05) is 60.9 Å². The molecule has 3 N–H and O–H groups in total. The molecule has 0 saturated carbocycles. The van der Waals surface area contributed by atoms with Crippen molar-refractivity contribution in [3.63, 3.8) is 0 Å². The highest BCUT2D eigenvalue weighted by Crippen LogP contribution is 2.41. The van der Waals surface area contributed by atoms with E-state index in [9.17, 15) is 19.2 Å². The minimum Gasteiger partial charge on any atom is -0.354 e. The maximum Gasteiger partial charge on any atom is 0.259 e. The van der Waals surface area contributed by atoms with Crippen molar-refractivity contribution >= 4 is 57.7 Å². The predicted molar refractivity (Wildman–Crippen MR) is 130 cm³/mol. The van der Waals surface area contributed by atoms with Gasteiger partial charge in [0.25, 0.3) is 11.8 Å². The van der Waals surface area contributed by atoms with Gasteiger partial charge in [-0.15, -0.1) is 12.4 Å². The Hall–Kier alpha value is -3.23. The quantitative estimate of drug-likeness (QED) is 0.392. The molecule has 1 aliphatic carbocycles. The molecule has 3 aromatic rings. The van der Waals surface area contributed by atoms with E-state index >= 15 is 0 Å². The first kappa shape index (κ1) is 22.6. The van der Waals surface area contributed by atoms with E-state index in [2.05, 4.69) is 15.6 Å². The smallest absolute Gasteiger partial charge is 0.259 e. The van der Waals surface area contributed by atoms with Gasteiger partial charge in [-0.2, -0.15) is 0 Å². The van der Waals surface area contributed by atoms with Crippen molar-refractivity contribution in [2.75, 3.05) is 26.2 Å². The summed E-state index contributed by atoms with van der Waals surface area (Å²) in [7, 11) is 0. The number of nitrogens with zero attached hydrogens (tertiary/aromatic N) is 1. The number of nitrogens with one attached hydrogen (secondary N) is 3. The number of hydrogen-bond donors (Lipinski definition) is 3. The van der Waals surface area contributed by atoms with Crippen LogP contribution in [0.3, 0.4) is 0 Å². The van der Waals surface area contributed by atoms with E-state index in [0.29, 0.717) is 29.8 Å². The molecule has 3 amide bonds. The van der Waals surface area contributed by atoms with Crippen LogP contribution in [0.15, 0.2) is 18.2 Å². The van der Waals surface area contributed by atoms with Crippen LogP contribution in [-0.4, -0.2) is 59.6 Å². The summed E-state index contributed by atoms with van der Waals surface area (Å²) in [6.07, 6.45) is 2.91. The molecule has 3 heterocycles. The molecule has 6 rings (SSSR count). The zero-order chi connectivity index (χ0) is 22.7. The highest BCUT2D eigenvalue weighted by atomic mass is 35.5. The summed E-state index contributed by atoms with van der Waals surface area (Å²) in [6.45, 7) is 2.90. The Balaban J connectivity index is 0.00000241. The molecule has 0 bridgehead atoms. The van der Waals surface area contributed by atoms with Crippen LogP contribution < -0.4 is 10.6 Å². The summed E-state index contributed by atoms with van der Waals surface area (Å²) in [5.74, 6) is -0.813. The van der Waals surface area contributed by atoms with Crippen molar-refractivity contribution in [3.8, 4) is 0 Å². The summed E-state index contributed by atoms with van der Waals surface area (Å²) in [5.41, 5.74) is 5.21. The Bertz CT molecular complexity index is 1390. The summed E-state index contributed by atoms with van der Waals surface area (Å²) in [6, 6.07) is 5.41. The lowest BCUT2D eigenvalue weighted by molar-refractivity contribution is -0.131. The number of H-pyrrole nitrogens is 1. The van der Waals surface area contributed by atoms with Crippen LogP contribution in [0.4, 0.5) is 0 Å². The Morgan fingerprint density at radius 3 is 2.47 bits per heavy atom. The molecular formula is C25H25ClN4O4. The molecule has 1 aromatic heterocycles. The molecule has 0 atom stereocenters. The molecular weight excluding hydrogens is 456 g/mol. The molecule has 1 saturated heterocycles. The summed E-state index contributed by atoms with van der Waals surface area (Å²) in [5, 5.41) is 7.15. The van der Waals surface area contributed by atoms with Crippen molar-refractivity contribution in [2.24, 2.45) is 0 Å². The Morgan fingerprint density at radius 1 is 0.941 bits per heavy atom. The fraction of sp³-hybridized carbons (Fsp3) is 0.360. The summed E-state index contributed by atoms with van der Waals surface area (Å²) >= 11 is 0. The first-order chi connectivity index (χ1) is 16.0. The van der Waals surface area contributed by atoms with Crippen molar-refractivity contribution < 1.29 is 19.2 Å². The summed E-state index contributed by atoms with van der Waals surface area (Å²) in [4.78, 5) is 55.9. The number of aromatic amines is 1. The molecule has 0 radical (unpaired) electrons. The van der Waals surface area contributed by atoms with E-state index in [1.54, 1.807) is 17.0 Å². The van der Waals surface area contributed by atoms with E-state index < -0.39 is 0 Å². The van der Waals surface area contributed by atoms with Crippen LogP contribution in [0.25, 0.3) is 21.8 Å². The average molecular weight is 481 g/mol. The molecule has 3 aliphatic rings. The maximum atomic E-state index is 12.9. The van der Waals surface area contributed by atoms with Gasteiger partial charge in [-0.25, -0.2) is 0 Å². The van der Waals surface area contributed by atoms with Gasteiger partial charge in [-0.3, -0.25) is 24.5 Å². The van der Waals surface area contributed by atoms with Crippen LogP contribution >= 0.6 is 12.4 Å². The van der Waals surface area contributed by atoms with E-state index in [-0.39, 0.29) is 48.8 Å². The largest absolute Gasteiger partial charge is 0.354 e. The second kappa shape index (κ2) is 8.52. The number of ketones is 1. The third kappa shape index (κ3) is 3.40. The molecule has 2 aromatic carbocycles. The number of benzene rings is 2. The van der Waals surface area contributed by atoms with Gasteiger partial charge in [0.2, 0.25) is 5.91 Å². The second-order valence-corrected chi connectivity index (χ2v) is 9.03. The van der Waals surface area contributed by atoms with Gasteiger partial charge in [-0.1, -0.05) is 0 Å². The van der Waals surface area contributed by atoms with E-state index in [1.165, 1.54) is 0 Å². The lowest BCUT2D eigenvalue weighted by Gasteiger charge is -2.27. The fourth-order valence-corrected chi connectivity index (χ4v) is 5.57. The number of Topliss-reactive ketones (excluding diaryl/α,β-unsaturated/α-hetero) is 1. The molecule has 8 nitrogen and oxygen atoms in total. The van der Waals surface area contributed by atoms with E-state index in [0.717, 1.165) is 65.3 Å². The predicted octanol–water partition coefficient (Wildman–Crippen LogP) is 2.51. The third-order valence-corrected chi connectivity index (χ3v) is 7.16. The molecule has 9 heteroatoms. The monoisotopic (exact) mass is 480 g/mol. The Labute approximate surface area is 201 Å². The minimum absolute atomic E-state index is 0. The Kier molecular flexibility index (Phi) is 5.65. The molecule has 1 fully saturated rings. The zero-order valence-corrected chi connectivity index (χ0v) is 19.4. The number of aryl methyl sites for hydroxylation is 1. The highest BCUT2D eigenvalue weighted by Gasteiger charge is 2.36. The van der Waals surface area contributed by atoms with Gasteiger partial charge >= 0.3 is 0 Å². The first-order valence-corrected chi connectivity index (χ1v) is 11.5. The Morgan fingerprint density at radius 2 is 1.68 bits per heavy atom. The first-order valence-electron chi connectivity index (χ1n) is 11.5. The minimum atomic E-state index is -0.381. The number of halogens is 1. The lowest BCUT2D eigenvalue weighted by Crippen LogP contribution is -2.46. The maximum absolute atomic E-state index is 12.9. The molecule has 0 spiro atoms. The van der Waals surface area contributed by atoms with Crippen LogP contribution in [0.5, 0.6) is 0 Å². The number of imide groups is 1. The normalized spacial score (nSPS) is 17.0. The van der Waals surface area contributed by atoms with Crippen LogP contribution in [0.2, 0.25) is 0 Å². The van der Waals surface area contributed by atoms with Crippen molar-refractivity contribution in [3.05, 3.63) is 46.0 Å². The van der Waals surface area contributed by atoms with E-state index in [1.807, 2.05) is 6.07 Å². The van der Waals surface area contributed by atoms with Gasteiger partial charge in [0.1, 0.15) is 0 Å². The van der Waals surface area contributed by atoms with Crippen LogP contribution in [0, 0.1) is 0 Å².